The van der Waals surface area contributed by atoms with Gasteiger partial charge in [-0.25, -0.2) is 0 Å². The van der Waals surface area contributed by atoms with Crippen LogP contribution < -0.4 is 4.74 Å². The van der Waals surface area contributed by atoms with Crippen molar-refractivity contribution >= 4 is 5.78 Å². The Morgan fingerprint density at radius 3 is 2.89 bits per heavy atom. The van der Waals surface area contributed by atoms with Crippen molar-refractivity contribution in [2.45, 2.75) is 18.8 Å². The van der Waals surface area contributed by atoms with Crippen LogP contribution in [-0.4, -0.2) is 17.4 Å². The predicted octanol–water partition coefficient (Wildman–Crippen LogP) is 3.22. The summed E-state index contributed by atoms with van der Waals surface area (Å²) in [5.41, 5.74) is 1.68. The molecule has 2 heterocycles. The zero-order valence-corrected chi connectivity index (χ0v) is 10.6. The summed E-state index contributed by atoms with van der Waals surface area (Å²) in [5.74, 6) is 1.24. The van der Waals surface area contributed by atoms with Crippen LogP contribution in [-0.2, 0) is 0 Å². The van der Waals surface area contributed by atoms with Gasteiger partial charge in [-0.15, -0.1) is 0 Å². The van der Waals surface area contributed by atoms with Crippen LogP contribution in [0.1, 0.15) is 34.8 Å². The Labute approximate surface area is 112 Å². The first-order valence-corrected chi connectivity index (χ1v) is 6.50. The van der Waals surface area contributed by atoms with E-state index >= 15 is 0 Å². The minimum absolute atomic E-state index is 0.0994. The highest BCUT2D eigenvalue weighted by Gasteiger charge is 2.24. The van der Waals surface area contributed by atoms with E-state index in [9.17, 15) is 4.79 Å². The molecule has 0 fully saturated rings. The zero-order chi connectivity index (χ0) is 13.1. The largest absolute Gasteiger partial charge is 0.493 e. The standard InChI is InChI=1S/C16H15NO2/c18-15(14-6-3-4-9-17-14)11-12-8-10-19-16-7-2-1-5-13(12)16/h1-7,9,12H,8,10-11H2. The summed E-state index contributed by atoms with van der Waals surface area (Å²) in [7, 11) is 0. The molecule has 2 aromatic rings. The van der Waals surface area contributed by atoms with Gasteiger partial charge in [0.1, 0.15) is 11.4 Å². The first-order chi connectivity index (χ1) is 9.34. The number of pyridine rings is 1. The number of fused-ring (bicyclic) bond motifs is 1. The third-order valence-corrected chi connectivity index (χ3v) is 3.47. The lowest BCUT2D eigenvalue weighted by molar-refractivity contribution is 0.0961. The molecule has 3 nitrogen and oxygen atoms in total. The van der Waals surface area contributed by atoms with E-state index in [0.717, 1.165) is 17.7 Å². The molecule has 1 unspecified atom stereocenters. The average molecular weight is 253 g/mol. The fourth-order valence-electron chi connectivity index (χ4n) is 2.48. The fourth-order valence-corrected chi connectivity index (χ4v) is 2.48. The van der Waals surface area contributed by atoms with E-state index in [2.05, 4.69) is 4.98 Å². The van der Waals surface area contributed by atoms with E-state index in [-0.39, 0.29) is 11.7 Å². The number of Topliss-reactive ketones (excluding diaryl/α,β-unsaturated/α-hetero) is 1. The Hall–Kier alpha value is -2.16. The lowest BCUT2D eigenvalue weighted by atomic mass is 9.88. The fraction of sp³-hybridized carbons (Fsp3) is 0.250. The van der Waals surface area contributed by atoms with Crippen LogP contribution in [0, 0.1) is 0 Å². The summed E-state index contributed by atoms with van der Waals surface area (Å²) in [6, 6.07) is 13.4. The smallest absolute Gasteiger partial charge is 0.181 e. The number of para-hydroxylation sites is 1. The Morgan fingerprint density at radius 1 is 1.21 bits per heavy atom. The summed E-state index contributed by atoms with van der Waals surface area (Å²) < 4.78 is 5.61. The molecule has 1 aliphatic rings. The van der Waals surface area contributed by atoms with Crippen molar-refractivity contribution in [2.75, 3.05) is 6.61 Å². The highest BCUT2D eigenvalue weighted by Crippen LogP contribution is 2.35. The third kappa shape index (κ3) is 2.50. The van der Waals surface area contributed by atoms with E-state index in [1.165, 1.54) is 0 Å². The van der Waals surface area contributed by atoms with Gasteiger partial charge in [0.15, 0.2) is 5.78 Å². The molecule has 0 aliphatic carbocycles. The lowest BCUT2D eigenvalue weighted by Gasteiger charge is -2.25. The Kier molecular flexibility index (Phi) is 3.27. The number of ether oxygens (including phenoxy) is 1. The van der Waals surface area contributed by atoms with Gasteiger partial charge >= 0.3 is 0 Å². The van der Waals surface area contributed by atoms with Gasteiger partial charge in [0.2, 0.25) is 0 Å². The summed E-state index contributed by atoms with van der Waals surface area (Å²) in [6.07, 6.45) is 3.04. The van der Waals surface area contributed by atoms with Gasteiger partial charge in [-0.1, -0.05) is 24.3 Å². The topological polar surface area (TPSA) is 39.2 Å². The van der Waals surface area contributed by atoms with Gasteiger partial charge in [-0.2, -0.15) is 0 Å². The second kappa shape index (κ2) is 5.22. The number of carbonyl (C=O) groups is 1. The number of aromatic nitrogens is 1. The second-order valence-corrected chi connectivity index (χ2v) is 4.71. The monoisotopic (exact) mass is 253 g/mol. The molecule has 0 spiro atoms. The summed E-state index contributed by atoms with van der Waals surface area (Å²) in [5, 5.41) is 0. The van der Waals surface area contributed by atoms with Crippen LogP contribution in [0.2, 0.25) is 0 Å². The number of benzene rings is 1. The number of ketones is 1. The van der Waals surface area contributed by atoms with E-state index in [4.69, 9.17) is 4.74 Å². The molecule has 0 bridgehead atoms. The molecule has 1 aromatic carbocycles. The number of hydrogen-bond acceptors (Lipinski definition) is 3. The van der Waals surface area contributed by atoms with Crippen LogP contribution in [0.3, 0.4) is 0 Å². The number of carbonyl (C=O) groups excluding carboxylic acids is 1. The summed E-state index contributed by atoms with van der Waals surface area (Å²) in [4.78, 5) is 16.3. The Balaban J connectivity index is 1.80. The molecule has 3 heteroatoms. The number of hydrogen-bond donors (Lipinski definition) is 0. The third-order valence-electron chi connectivity index (χ3n) is 3.47. The average Bonchev–Trinajstić information content (AvgIpc) is 2.48. The van der Waals surface area contributed by atoms with Crippen molar-refractivity contribution in [2.24, 2.45) is 0 Å². The molecule has 1 atom stereocenters. The van der Waals surface area contributed by atoms with E-state index < -0.39 is 0 Å². The zero-order valence-electron chi connectivity index (χ0n) is 10.6. The molecule has 0 amide bonds. The molecule has 3 rings (SSSR count). The highest BCUT2D eigenvalue weighted by atomic mass is 16.5. The molecular formula is C16H15NO2. The van der Waals surface area contributed by atoms with Gasteiger partial charge in [-0.3, -0.25) is 9.78 Å². The van der Waals surface area contributed by atoms with Crippen molar-refractivity contribution < 1.29 is 9.53 Å². The molecule has 96 valence electrons. The van der Waals surface area contributed by atoms with Gasteiger partial charge in [-0.05, 0) is 36.1 Å². The van der Waals surface area contributed by atoms with Crippen molar-refractivity contribution in [3.8, 4) is 5.75 Å². The molecule has 0 saturated carbocycles. The summed E-state index contributed by atoms with van der Waals surface area (Å²) in [6.45, 7) is 0.678. The van der Waals surface area contributed by atoms with Crippen molar-refractivity contribution in [1.29, 1.82) is 0 Å². The van der Waals surface area contributed by atoms with Crippen molar-refractivity contribution in [3.05, 3.63) is 59.9 Å². The van der Waals surface area contributed by atoms with Crippen LogP contribution in [0.25, 0.3) is 0 Å². The van der Waals surface area contributed by atoms with Crippen molar-refractivity contribution in [3.63, 3.8) is 0 Å². The van der Waals surface area contributed by atoms with Crippen LogP contribution in [0.15, 0.2) is 48.7 Å². The Bertz CT molecular complexity index is 580. The lowest BCUT2D eigenvalue weighted by Crippen LogP contribution is -2.17. The molecule has 0 N–H and O–H groups in total. The maximum atomic E-state index is 12.2. The highest BCUT2D eigenvalue weighted by molar-refractivity contribution is 5.94. The molecule has 0 saturated heterocycles. The predicted molar refractivity (Wildman–Crippen MR) is 72.5 cm³/mol. The van der Waals surface area contributed by atoms with E-state index in [1.54, 1.807) is 12.3 Å². The summed E-state index contributed by atoms with van der Waals surface area (Å²) >= 11 is 0. The van der Waals surface area contributed by atoms with Crippen LogP contribution in [0.5, 0.6) is 5.75 Å². The quantitative estimate of drug-likeness (QED) is 0.788. The van der Waals surface area contributed by atoms with E-state index in [1.807, 2.05) is 36.4 Å². The van der Waals surface area contributed by atoms with Crippen LogP contribution >= 0.6 is 0 Å². The van der Waals surface area contributed by atoms with Gasteiger partial charge in [0, 0.05) is 12.6 Å². The van der Waals surface area contributed by atoms with Gasteiger partial charge in [0.05, 0.1) is 6.61 Å². The second-order valence-electron chi connectivity index (χ2n) is 4.71. The SMILES string of the molecule is O=C(CC1CCOc2ccccc21)c1ccccn1. The minimum atomic E-state index is 0.0994. The number of nitrogens with zero attached hydrogens (tertiary/aromatic N) is 1. The minimum Gasteiger partial charge on any atom is -0.493 e. The molecule has 1 aliphatic heterocycles. The first kappa shape index (κ1) is 11.9. The maximum absolute atomic E-state index is 12.2. The Morgan fingerprint density at radius 2 is 2.05 bits per heavy atom. The molecular weight excluding hydrogens is 238 g/mol. The molecule has 0 radical (unpaired) electrons. The number of rotatable bonds is 3. The van der Waals surface area contributed by atoms with Gasteiger partial charge in [0.25, 0.3) is 0 Å². The van der Waals surface area contributed by atoms with Gasteiger partial charge < -0.3 is 4.74 Å². The maximum Gasteiger partial charge on any atom is 0.181 e. The molecule has 19 heavy (non-hydrogen) atoms. The van der Waals surface area contributed by atoms with E-state index in [0.29, 0.717) is 18.7 Å². The normalized spacial score (nSPS) is 17.4. The van der Waals surface area contributed by atoms with Crippen molar-refractivity contribution in [1.82, 2.24) is 4.98 Å². The van der Waals surface area contributed by atoms with Crippen LogP contribution in [0.4, 0.5) is 0 Å². The molecule has 1 aromatic heterocycles. The first-order valence-electron chi connectivity index (χ1n) is 6.50.